The average molecular weight is 822 g/mol. The molecular weight excluding hydrogens is 766 g/mol. The summed E-state index contributed by atoms with van der Waals surface area (Å²) in [7, 11) is -9.95. The molecule has 3 unspecified atom stereocenters. The third-order valence-corrected chi connectivity index (χ3v) is 11.3. The summed E-state index contributed by atoms with van der Waals surface area (Å²) in [6.45, 7) is -3.79. The predicted octanol–water partition coefficient (Wildman–Crippen LogP) is -0.0983. The fraction of sp³-hybridized carbons (Fsp3) is 0.839. The van der Waals surface area contributed by atoms with E-state index in [0.717, 1.165) is 59.6 Å². The van der Waals surface area contributed by atoms with Gasteiger partial charge in [0, 0.05) is 32.3 Å². The summed E-state index contributed by atoms with van der Waals surface area (Å²) < 4.78 is 81.5. The minimum atomic E-state index is -5.11. The first-order valence-corrected chi connectivity index (χ1v) is 20.6. The molecule has 23 heteroatoms. The van der Waals surface area contributed by atoms with Crippen LogP contribution in [0.25, 0.3) is 0 Å². The Morgan fingerprint density at radius 2 is 1.09 bits per heavy atom. The van der Waals surface area contributed by atoms with Gasteiger partial charge in [-0.15, -0.1) is 0 Å². The highest BCUT2D eigenvalue weighted by molar-refractivity contribution is 7.87. The maximum atomic E-state index is 12.6. The average Bonchev–Trinajstić information content (AvgIpc) is 3.02. The summed E-state index contributed by atoms with van der Waals surface area (Å²) >= 11 is 0. The highest BCUT2D eigenvalue weighted by Crippen LogP contribution is 2.33. The van der Waals surface area contributed by atoms with Crippen LogP contribution in [0.3, 0.4) is 0 Å². The SMILES string of the molecule is CCCCCCCCCCOC1C[C@@H](S(=O)(=O)O)CC(S(=O)(=O)O)[C@H]1OCC(CN(CCN(CC(=O)O)CC(=O)O)CC(=O)O)N(CC(=O)O)CC(=O)O. The van der Waals surface area contributed by atoms with E-state index < -0.39 is 138 Å². The van der Waals surface area contributed by atoms with Crippen LogP contribution in [-0.4, -0.2) is 190 Å². The Morgan fingerprint density at radius 3 is 1.56 bits per heavy atom. The molecule has 1 fully saturated rings. The number of carbonyl (C=O) groups is 5. The summed E-state index contributed by atoms with van der Waals surface area (Å²) in [5.74, 6) is -7.17. The largest absolute Gasteiger partial charge is 0.480 e. The number of hydrogen-bond donors (Lipinski definition) is 7. The van der Waals surface area contributed by atoms with Crippen molar-refractivity contribution in [1.29, 1.82) is 0 Å². The number of carboxylic acid groups (broad SMARTS) is 5. The fourth-order valence-corrected chi connectivity index (χ4v) is 8.34. The van der Waals surface area contributed by atoms with Crippen molar-refractivity contribution >= 4 is 50.1 Å². The topological polar surface area (TPSA) is 323 Å². The number of nitrogens with zero attached hydrogens (tertiary/aromatic N) is 3. The lowest BCUT2D eigenvalue weighted by atomic mass is 9.93. The van der Waals surface area contributed by atoms with Crippen LogP contribution in [0.15, 0.2) is 0 Å². The molecule has 0 aromatic heterocycles. The summed E-state index contributed by atoms with van der Waals surface area (Å²) in [5, 5.41) is 43.5. The van der Waals surface area contributed by atoms with Gasteiger partial charge < -0.3 is 35.0 Å². The number of ether oxygens (including phenoxy) is 2. The molecule has 7 N–H and O–H groups in total. The van der Waals surface area contributed by atoms with Crippen molar-refractivity contribution in [3.63, 3.8) is 0 Å². The lowest BCUT2D eigenvalue weighted by Gasteiger charge is -2.41. The molecule has 5 atom stereocenters. The summed E-state index contributed by atoms with van der Waals surface area (Å²) in [4.78, 5) is 61.0. The van der Waals surface area contributed by atoms with Gasteiger partial charge in [-0.1, -0.05) is 51.9 Å². The minimum Gasteiger partial charge on any atom is -0.480 e. The zero-order valence-electron chi connectivity index (χ0n) is 30.3. The van der Waals surface area contributed by atoms with Gasteiger partial charge in [-0.3, -0.25) is 47.8 Å². The van der Waals surface area contributed by atoms with E-state index in [0.29, 0.717) is 6.42 Å². The highest BCUT2D eigenvalue weighted by Gasteiger charge is 2.49. The van der Waals surface area contributed by atoms with Crippen LogP contribution in [0.4, 0.5) is 0 Å². The van der Waals surface area contributed by atoms with Crippen molar-refractivity contribution < 1.29 is 84.9 Å². The van der Waals surface area contributed by atoms with Crippen LogP contribution in [0.2, 0.25) is 0 Å². The van der Waals surface area contributed by atoms with Crippen molar-refractivity contribution in [2.24, 2.45) is 0 Å². The Balaban J connectivity index is 3.45. The zero-order chi connectivity index (χ0) is 41.1. The van der Waals surface area contributed by atoms with Crippen molar-refractivity contribution in [2.75, 3.05) is 65.6 Å². The van der Waals surface area contributed by atoms with E-state index >= 15 is 0 Å². The van der Waals surface area contributed by atoms with Crippen LogP contribution in [0, 0.1) is 0 Å². The number of unbranched alkanes of at least 4 members (excludes halogenated alkanes) is 7. The van der Waals surface area contributed by atoms with E-state index in [9.17, 15) is 75.4 Å². The van der Waals surface area contributed by atoms with Crippen molar-refractivity contribution in [2.45, 2.75) is 99.9 Å². The van der Waals surface area contributed by atoms with Crippen molar-refractivity contribution in [1.82, 2.24) is 14.7 Å². The molecule has 0 saturated heterocycles. The Kier molecular flexibility index (Phi) is 22.2. The standard InChI is InChI=1S/C31H55N3O18S2/c1-2-3-4-5-6-7-8-9-12-51-24-13-23(53(45,46)47)14-25(54(48,49)50)31(24)52-21-22(34(19-29(41)42)20-30(43)44)15-32(16-26(35)36)10-11-33(17-27(37)38)18-28(39)40/h22-25,31H,2-21H2,1H3,(H,35,36)(H,37,38)(H,39,40)(H,41,42)(H,43,44)(H,45,46,47)(H,48,49,50)/t22?,23-,24?,25?,31+/m1/s1. The summed E-state index contributed by atoms with van der Waals surface area (Å²) in [5.41, 5.74) is 0. The first-order chi connectivity index (χ1) is 25.1. The van der Waals surface area contributed by atoms with Gasteiger partial charge in [-0.25, -0.2) is 0 Å². The molecule has 54 heavy (non-hydrogen) atoms. The Hall–Kier alpha value is -3.03. The molecule has 1 saturated carbocycles. The second-order valence-corrected chi connectivity index (χ2v) is 16.6. The number of rotatable bonds is 31. The normalized spacial score (nSPS) is 20.0. The molecule has 314 valence electrons. The third kappa shape index (κ3) is 20.6. The fourth-order valence-electron chi connectivity index (χ4n) is 6.27. The van der Waals surface area contributed by atoms with Crippen LogP contribution in [0.5, 0.6) is 0 Å². The first kappa shape index (κ1) is 49.0. The molecule has 0 spiro atoms. The van der Waals surface area contributed by atoms with Gasteiger partial charge >= 0.3 is 29.8 Å². The van der Waals surface area contributed by atoms with Gasteiger partial charge in [0.1, 0.15) is 11.4 Å². The van der Waals surface area contributed by atoms with E-state index in [1.54, 1.807) is 0 Å². The van der Waals surface area contributed by atoms with E-state index in [-0.39, 0.29) is 19.7 Å². The molecule has 1 aliphatic carbocycles. The van der Waals surface area contributed by atoms with Crippen LogP contribution >= 0.6 is 0 Å². The maximum absolute atomic E-state index is 12.6. The molecule has 0 heterocycles. The van der Waals surface area contributed by atoms with Gasteiger partial charge in [0.25, 0.3) is 20.2 Å². The molecule has 1 aliphatic rings. The van der Waals surface area contributed by atoms with E-state index in [1.807, 2.05) is 0 Å². The molecule has 0 aliphatic heterocycles. The summed E-state index contributed by atoms with van der Waals surface area (Å²) in [6.07, 6.45) is 3.18. The second-order valence-electron chi connectivity index (χ2n) is 13.3. The van der Waals surface area contributed by atoms with E-state index in [1.165, 1.54) is 0 Å². The maximum Gasteiger partial charge on any atom is 0.317 e. The molecule has 0 bridgehead atoms. The van der Waals surface area contributed by atoms with Gasteiger partial charge in [0.05, 0.1) is 50.7 Å². The van der Waals surface area contributed by atoms with Crippen molar-refractivity contribution in [3.05, 3.63) is 0 Å². The number of hydrogen-bond acceptors (Lipinski definition) is 14. The molecule has 21 nitrogen and oxygen atoms in total. The minimum absolute atomic E-state index is 0.0129. The smallest absolute Gasteiger partial charge is 0.317 e. The van der Waals surface area contributed by atoms with Gasteiger partial charge in [-0.05, 0) is 19.3 Å². The monoisotopic (exact) mass is 821 g/mol. The molecule has 0 radical (unpaired) electrons. The van der Waals surface area contributed by atoms with Crippen LogP contribution in [-0.2, 0) is 53.7 Å². The first-order valence-electron chi connectivity index (χ1n) is 17.6. The molecule has 0 aromatic carbocycles. The van der Waals surface area contributed by atoms with Gasteiger partial charge in [0.2, 0.25) is 0 Å². The Bertz CT molecular complexity index is 1400. The Labute approximate surface area is 314 Å². The number of carboxylic acids is 5. The second kappa shape index (κ2) is 24.5. The lowest BCUT2D eigenvalue weighted by Crippen LogP contribution is -2.56. The van der Waals surface area contributed by atoms with Crippen LogP contribution in [0.1, 0.15) is 71.1 Å². The molecule has 1 rings (SSSR count). The van der Waals surface area contributed by atoms with E-state index in [4.69, 9.17) is 9.47 Å². The zero-order valence-corrected chi connectivity index (χ0v) is 31.9. The predicted molar refractivity (Wildman–Crippen MR) is 188 cm³/mol. The third-order valence-electron chi connectivity index (χ3n) is 8.81. The number of aliphatic carboxylic acids is 5. The lowest BCUT2D eigenvalue weighted by molar-refractivity contribution is -0.147. The molecule has 0 amide bonds. The molecular formula is C31H55N3O18S2. The highest BCUT2D eigenvalue weighted by atomic mass is 32.2. The quantitative estimate of drug-likeness (QED) is 0.0355. The van der Waals surface area contributed by atoms with Gasteiger partial charge in [-0.2, -0.15) is 16.8 Å². The van der Waals surface area contributed by atoms with Gasteiger partial charge in [0.15, 0.2) is 0 Å². The van der Waals surface area contributed by atoms with Crippen LogP contribution < -0.4 is 0 Å². The van der Waals surface area contributed by atoms with Crippen molar-refractivity contribution in [3.8, 4) is 0 Å². The van der Waals surface area contributed by atoms with E-state index in [2.05, 4.69) is 6.92 Å². The summed E-state index contributed by atoms with van der Waals surface area (Å²) in [6, 6.07) is -1.35. The Morgan fingerprint density at radius 1 is 0.630 bits per heavy atom. The molecule has 0 aromatic rings.